The highest BCUT2D eigenvalue weighted by Crippen LogP contribution is 2.20. The molecule has 2 aromatic heterocycles. The van der Waals surface area contributed by atoms with Gasteiger partial charge in [-0.05, 0) is 32.9 Å². The summed E-state index contributed by atoms with van der Waals surface area (Å²) in [7, 11) is 1.87. The van der Waals surface area contributed by atoms with Gasteiger partial charge in [-0.1, -0.05) is 0 Å². The molecule has 26 heavy (non-hydrogen) atoms. The maximum atomic E-state index is 12.1. The van der Waals surface area contributed by atoms with Crippen molar-refractivity contribution in [1.82, 2.24) is 19.7 Å². The van der Waals surface area contributed by atoms with Crippen molar-refractivity contribution in [2.24, 2.45) is 7.05 Å². The van der Waals surface area contributed by atoms with Crippen molar-refractivity contribution in [3.63, 3.8) is 0 Å². The van der Waals surface area contributed by atoms with Gasteiger partial charge in [0.1, 0.15) is 11.4 Å². The number of carbonyl (C=O) groups excluding carboxylic acids is 1. The van der Waals surface area contributed by atoms with Crippen LogP contribution in [0.25, 0.3) is 0 Å². The molecule has 0 bridgehead atoms. The summed E-state index contributed by atoms with van der Waals surface area (Å²) in [5.74, 6) is 1.51. The number of aryl methyl sites for hydroxylation is 1. The molecule has 0 unspecified atom stereocenters. The quantitative estimate of drug-likeness (QED) is 0.909. The third-order valence-corrected chi connectivity index (χ3v) is 4.01. The fourth-order valence-corrected chi connectivity index (χ4v) is 2.73. The second-order valence-corrected chi connectivity index (χ2v) is 7.36. The number of ether oxygens (including phenoxy) is 1. The number of rotatable bonds is 3. The summed E-state index contributed by atoms with van der Waals surface area (Å²) in [5, 5.41) is 7.44. The van der Waals surface area contributed by atoms with Crippen molar-refractivity contribution < 1.29 is 9.53 Å². The Morgan fingerprint density at radius 1 is 1.12 bits per heavy atom. The van der Waals surface area contributed by atoms with Gasteiger partial charge in [0.2, 0.25) is 0 Å². The van der Waals surface area contributed by atoms with E-state index in [2.05, 4.69) is 20.3 Å². The van der Waals surface area contributed by atoms with Crippen LogP contribution in [-0.2, 0) is 11.8 Å². The molecule has 1 fully saturated rings. The maximum absolute atomic E-state index is 12.1. The van der Waals surface area contributed by atoms with E-state index in [0.29, 0.717) is 13.1 Å². The lowest BCUT2D eigenvalue weighted by atomic mass is 10.2. The van der Waals surface area contributed by atoms with Gasteiger partial charge in [-0.15, -0.1) is 0 Å². The lowest BCUT2D eigenvalue weighted by molar-refractivity contribution is 0.0240. The summed E-state index contributed by atoms with van der Waals surface area (Å²) in [6.07, 6.45) is 3.47. The van der Waals surface area contributed by atoms with Crippen molar-refractivity contribution in [1.29, 1.82) is 0 Å². The lowest BCUT2D eigenvalue weighted by Gasteiger charge is -2.36. The minimum absolute atomic E-state index is 0.245. The lowest BCUT2D eigenvalue weighted by Crippen LogP contribution is -2.50. The van der Waals surface area contributed by atoms with Crippen molar-refractivity contribution in [3.05, 3.63) is 30.6 Å². The standard InChI is InChI=1S/C18H26N6O2/c1-18(2,3)26-17(25)24-11-9-23(10-12-24)14-5-6-15(19-13-14)20-16-7-8-22(4)21-16/h5-8,13H,9-12H2,1-4H3,(H,19,20,21). The Bertz CT molecular complexity index is 742. The van der Waals surface area contributed by atoms with Gasteiger partial charge in [0.05, 0.1) is 11.9 Å². The second-order valence-electron chi connectivity index (χ2n) is 7.36. The molecule has 3 heterocycles. The van der Waals surface area contributed by atoms with Crippen LogP contribution < -0.4 is 10.2 Å². The molecule has 1 N–H and O–H groups in total. The third kappa shape index (κ3) is 4.65. The van der Waals surface area contributed by atoms with E-state index in [0.717, 1.165) is 30.4 Å². The third-order valence-electron chi connectivity index (χ3n) is 4.01. The number of aromatic nitrogens is 3. The zero-order valence-corrected chi connectivity index (χ0v) is 15.8. The molecule has 8 nitrogen and oxygen atoms in total. The number of nitrogens with zero attached hydrogens (tertiary/aromatic N) is 5. The van der Waals surface area contributed by atoms with Gasteiger partial charge in [0.25, 0.3) is 0 Å². The first-order chi connectivity index (χ1) is 12.3. The van der Waals surface area contributed by atoms with Gasteiger partial charge in [-0.25, -0.2) is 9.78 Å². The van der Waals surface area contributed by atoms with Gasteiger partial charge in [0.15, 0.2) is 5.82 Å². The Morgan fingerprint density at radius 2 is 1.85 bits per heavy atom. The van der Waals surface area contributed by atoms with Crippen LogP contribution in [0.1, 0.15) is 20.8 Å². The van der Waals surface area contributed by atoms with Crippen molar-refractivity contribution in [3.8, 4) is 0 Å². The fraction of sp³-hybridized carbons (Fsp3) is 0.500. The van der Waals surface area contributed by atoms with Gasteiger partial charge < -0.3 is 19.9 Å². The van der Waals surface area contributed by atoms with Crippen LogP contribution in [0.2, 0.25) is 0 Å². The first-order valence-corrected chi connectivity index (χ1v) is 8.76. The van der Waals surface area contributed by atoms with Gasteiger partial charge in [-0.2, -0.15) is 5.10 Å². The summed E-state index contributed by atoms with van der Waals surface area (Å²) in [6.45, 7) is 8.45. The van der Waals surface area contributed by atoms with E-state index in [9.17, 15) is 4.79 Å². The van der Waals surface area contributed by atoms with Crippen LogP contribution in [0.15, 0.2) is 30.6 Å². The van der Waals surface area contributed by atoms with E-state index in [4.69, 9.17) is 4.74 Å². The minimum atomic E-state index is -0.464. The monoisotopic (exact) mass is 358 g/mol. The van der Waals surface area contributed by atoms with Crippen LogP contribution in [0, 0.1) is 0 Å². The average molecular weight is 358 g/mol. The SMILES string of the molecule is Cn1ccc(Nc2ccc(N3CCN(C(=O)OC(C)(C)C)CC3)cn2)n1. The fourth-order valence-electron chi connectivity index (χ4n) is 2.73. The summed E-state index contributed by atoms with van der Waals surface area (Å²) in [4.78, 5) is 20.6. The molecule has 1 aliphatic rings. The smallest absolute Gasteiger partial charge is 0.410 e. The molecule has 140 valence electrons. The number of pyridine rings is 1. The number of hydrogen-bond donors (Lipinski definition) is 1. The number of anilines is 3. The molecule has 0 radical (unpaired) electrons. The highest BCUT2D eigenvalue weighted by atomic mass is 16.6. The summed E-state index contributed by atoms with van der Waals surface area (Å²) in [6, 6.07) is 5.86. The molecule has 1 amide bonds. The van der Waals surface area contributed by atoms with Gasteiger partial charge in [-0.3, -0.25) is 4.68 Å². The Hall–Kier alpha value is -2.77. The number of piperazine rings is 1. The van der Waals surface area contributed by atoms with E-state index in [1.807, 2.05) is 58.4 Å². The zero-order chi connectivity index (χ0) is 18.7. The zero-order valence-electron chi connectivity index (χ0n) is 15.8. The van der Waals surface area contributed by atoms with Crippen LogP contribution in [0.5, 0.6) is 0 Å². The van der Waals surface area contributed by atoms with Crippen molar-refractivity contribution >= 4 is 23.4 Å². The van der Waals surface area contributed by atoms with Gasteiger partial charge in [0, 0.05) is 45.5 Å². The number of carbonyl (C=O) groups is 1. The van der Waals surface area contributed by atoms with E-state index in [1.54, 1.807) is 9.58 Å². The van der Waals surface area contributed by atoms with Crippen molar-refractivity contribution in [2.45, 2.75) is 26.4 Å². The molecule has 0 saturated carbocycles. The normalized spacial score (nSPS) is 15.1. The predicted molar refractivity (Wildman–Crippen MR) is 101 cm³/mol. The summed E-state index contributed by atoms with van der Waals surface area (Å²) >= 11 is 0. The van der Waals surface area contributed by atoms with E-state index in [-0.39, 0.29) is 6.09 Å². The molecule has 0 spiro atoms. The topological polar surface area (TPSA) is 75.5 Å². The molecule has 0 atom stereocenters. The minimum Gasteiger partial charge on any atom is -0.444 e. The first-order valence-electron chi connectivity index (χ1n) is 8.76. The number of nitrogens with one attached hydrogen (secondary N) is 1. The van der Waals surface area contributed by atoms with Crippen molar-refractivity contribution in [2.75, 3.05) is 36.4 Å². The number of hydrogen-bond acceptors (Lipinski definition) is 6. The molecule has 0 aromatic carbocycles. The van der Waals surface area contributed by atoms with E-state index in [1.165, 1.54) is 0 Å². The molecule has 1 saturated heterocycles. The molecule has 2 aromatic rings. The molecular weight excluding hydrogens is 332 g/mol. The average Bonchev–Trinajstić information content (AvgIpc) is 2.99. The summed E-state index contributed by atoms with van der Waals surface area (Å²) < 4.78 is 7.17. The largest absolute Gasteiger partial charge is 0.444 e. The van der Waals surface area contributed by atoms with E-state index >= 15 is 0 Å². The van der Waals surface area contributed by atoms with Gasteiger partial charge >= 0.3 is 6.09 Å². The van der Waals surface area contributed by atoms with E-state index < -0.39 is 5.60 Å². The Kier molecular flexibility index (Phi) is 5.01. The molecule has 0 aliphatic carbocycles. The van der Waals surface area contributed by atoms with Crippen LogP contribution in [-0.4, -0.2) is 57.5 Å². The second kappa shape index (κ2) is 7.23. The Balaban J connectivity index is 1.54. The summed E-state index contributed by atoms with van der Waals surface area (Å²) in [5.41, 5.74) is 0.578. The highest BCUT2D eigenvalue weighted by molar-refractivity contribution is 5.68. The molecule has 1 aliphatic heterocycles. The predicted octanol–water partition coefficient (Wildman–Crippen LogP) is 2.62. The van der Waals surface area contributed by atoms with Crippen LogP contribution in [0.4, 0.5) is 22.1 Å². The Labute approximate surface area is 153 Å². The molecule has 3 rings (SSSR count). The Morgan fingerprint density at radius 3 is 2.38 bits per heavy atom. The number of amides is 1. The molecule has 8 heteroatoms. The van der Waals surface area contributed by atoms with Crippen LogP contribution >= 0.6 is 0 Å². The highest BCUT2D eigenvalue weighted by Gasteiger charge is 2.26. The first kappa shape index (κ1) is 18.0. The molecular formula is C18H26N6O2. The van der Waals surface area contributed by atoms with Crippen LogP contribution in [0.3, 0.4) is 0 Å². The maximum Gasteiger partial charge on any atom is 0.410 e.